The molecule has 1 aromatic carbocycles. The minimum Gasteiger partial charge on any atom is -0.344 e. The molecule has 0 bridgehead atoms. The Kier molecular flexibility index (Phi) is 16.3. The average Bonchev–Trinajstić information content (AvgIpc) is 2.66. The molecule has 0 saturated heterocycles. The Balaban J connectivity index is 0.0000116. The molecule has 8 unspecified atom stereocenters. The SMILES string of the molecule is CC(C)CC(C)CC(C)CC(C)CC(C)CC(C)CC(C)CC(C)OS(=O)(=[OH+])c1ccccc1.N. The molecule has 35 heavy (non-hydrogen) atoms. The summed E-state index contributed by atoms with van der Waals surface area (Å²) in [7, 11) is -3.44. The fourth-order valence-electron chi connectivity index (χ4n) is 6.29. The second kappa shape index (κ2) is 16.8. The van der Waals surface area contributed by atoms with Crippen LogP contribution in [0.2, 0.25) is 0 Å². The molecule has 0 spiro atoms. The third kappa shape index (κ3) is 15.1. The lowest BCUT2D eigenvalue weighted by atomic mass is 9.81. The third-order valence-electron chi connectivity index (χ3n) is 6.97. The van der Waals surface area contributed by atoms with Crippen LogP contribution in [0, 0.1) is 41.4 Å². The van der Waals surface area contributed by atoms with Crippen molar-refractivity contribution in [1.82, 2.24) is 6.15 Å². The molecule has 0 heterocycles. The maximum Gasteiger partial charge on any atom is 0.437 e. The molecule has 0 radical (unpaired) electrons. The summed E-state index contributed by atoms with van der Waals surface area (Å²) in [4.78, 5) is 0.342. The van der Waals surface area contributed by atoms with Crippen molar-refractivity contribution in [3.63, 3.8) is 0 Å². The first-order valence-corrected chi connectivity index (χ1v) is 15.2. The van der Waals surface area contributed by atoms with Crippen molar-refractivity contribution in [1.29, 1.82) is 0 Å². The van der Waals surface area contributed by atoms with Crippen LogP contribution < -0.4 is 6.15 Å². The van der Waals surface area contributed by atoms with E-state index in [9.17, 15) is 8.42 Å². The molecule has 0 aliphatic rings. The van der Waals surface area contributed by atoms with E-state index in [2.05, 4.69) is 55.4 Å². The van der Waals surface area contributed by atoms with Gasteiger partial charge in [-0.3, -0.25) is 0 Å². The number of benzene rings is 1. The van der Waals surface area contributed by atoms with Crippen LogP contribution in [0.3, 0.4) is 0 Å². The van der Waals surface area contributed by atoms with E-state index in [1.165, 1.54) is 32.1 Å². The van der Waals surface area contributed by atoms with Crippen LogP contribution in [0.15, 0.2) is 35.2 Å². The number of hydrogen-bond acceptors (Lipinski definition) is 3. The quantitative estimate of drug-likeness (QED) is 0.167. The number of hydrogen-bond donors (Lipinski definition) is 1. The highest BCUT2D eigenvalue weighted by atomic mass is 32.2. The largest absolute Gasteiger partial charge is 0.437 e. The predicted molar refractivity (Wildman–Crippen MR) is 152 cm³/mol. The van der Waals surface area contributed by atoms with Crippen LogP contribution in [-0.2, 0) is 14.3 Å². The summed E-state index contributed by atoms with van der Waals surface area (Å²) in [6.45, 7) is 20.9. The van der Waals surface area contributed by atoms with Crippen molar-refractivity contribution in [3.05, 3.63) is 30.3 Å². The van der Waals surface area contributed by atoms with E-state index in [0.29, 0.717) is 16.7 Å². The summed E-state index contributed by atoms with van der Waals surface area (Å²) in [5.41, 5.74) is 0. The van der Waals surface area contributed by atoms with Crippen molar-refractivity contribution in [2.24, 2.45) is 41.4 Å². The second-order valence-electron chi connectivity index (χ2n) is 12.4. The second-order valence-corrected chi connectivity index (χ2v) is 14.0. The average molecular weight is 513 g/mol. The van der Waals surface area contributed by atoms with E-state index < -0.39 is 10.1 Å². The fraction of sp³-hybridized carbons (Fsp3) is 0.800. The van der Waals surface area contributed by atoms with Gasteiger partial charge in [0.2, 0.25) is 0 Å². The lowest BCUT2D eigenvalue weighted by molar-refractivity contribution is 0.184. The molecule has 0 aliphatic carbocycles. The van der Waals surface area contributed by atoms with Crippen molar-refractivity contribution in [2.45, 2.75) is 118 Å². The molecule has 8 atom stereocenters. The lowest BCUT2D eigenvalue weighted by Gasteiger charge is -2.26. The van der Waals surface area contributed by atoms with Gasteiger partial charge in [0.25, 0.3) is 0 Å². The highest BCUT2D eigenvalue weighted by Crippen LogP contribution is 2.30. The van der Waals surface area contributed by atoms with Gasteiger partial charge in [-0.15, -0.1) is 4.21 Å². The van der Waals surface area contributed by atoms with Crippen LogP contribution in [0.4, 0.5) is 0 Å². The van der Waals surface area contributed by atoms with Gasteiger partial charge in [-0.1, -0.05) is 73.6 Å². The van der Waals surface area contributed by atoms with Crippen LogP contribution in [0.1, 0.15) is 107 Å². The number of rotatable bonds is 17. The Labute approximate surface area is 218 Å². The third-order valence-corrected chi connectivity index (χ3v) is 8.42. The van der Waals surface area contributed by atoms with Gasteiger partial charge in [-0.2, -0.15) is 4.21 Å². The zero-order valence-corrected chi connectivity index (χ0v) is 25.2. The Morgan fingerprint density at radius 3 is 1.34 bits per heavy atom. The van der Waals surface area contributed by atoms with E-state index in [-0.39, 0.29) is 12.3 Å². The Hall–Kier alpha value is -0.910. The van der Waals surface area contributed by atoms with Crippen LogP contribution in [0.5, 0.6) is 0 Å². The Morgan fingerprint density at radius 1 is 0.629 bits per heavy atom. The van der Waals surface area contributed by atoms with Crippen LogP contribution in [0.25, 0.3) is 0 Å². The van der Waals surface area contributed by atoms with Gasteiger partial charge in [0, 0.05) is 0 Å². The molecule has 4 N–H and O–H groups in total. The van der Waals surface area contributed by atoms with E-state index in [1.54, 1.807) is 24.3 Å². The molecule has 0 aromatic heterocycles. The minimum atomic E-state index is -3.44. The van der Waals surface area contributed by atoms with Gasteiger partial charge in [0.15, 0.2) is 0 Å². The maximum atomic E-state index is 12.6. The summed E-state index contributed by atoms with van der Waals surface area (Å²) in [5, 5.41) is 0. The molecule has 206 valence electrons. The lowest BCUT2D eigenvalue weighted by Crippen LogP contribution is -2.19. The summed E-state index contributed by atoms with van der Waals surface area (Å²) in [6, 6.07) is 8.66. The molecule has 0 saturated carbocycles. The first-order valence-electron chi connectivity index (χ1n) is 13.8. The molecule has 0 amide bonds. The van der Waals surface area contributed by atoms with Gasteiger partial charge < -0.3 is 6.15 Å². The predicted octanol–water partition coefficient (Wildman–Crippen LogP) is 9.30. The van der Waals surface area contributed by atoms with Gasteiger partial charge in [0.1, 0.15) is 4.90 Å². The molecule has 4 nitrogen and oxygen atoms in total. The van der Waals surface area contributed by atoms with Crippen molar-refractivity contribution in [2.75, 3.05) is 0 Å². The van der Waals surface area contributed by atoms with Crippen molar-refractivity contribution in [3.8, 4) is 0 Å². The molecule has 0 fully saturated rings. The molecular formula is C30H58NO3S+. The first kappa shape index (κ1) is 34.1. The molecule has 1 rings (SSSR count). The summed E-state index contributed by atoms with van der Waals surface area (Å²) < 4.78 is 28.5. The highest BCUT2D eigenvalue weighted by Gasteiger charge is 2.26. The molecular weight excluding hydrogens is 454 g/mol. The minimum absolute atomic E-state index is 0. The molecule has 0 aliphatic heterocycles. The van der Waals surface area contributed by atoms with Gasteiger partial charge in [0.05, 0.1) is 6.10 Å². The molecule has 5 heteroatoms. The molecule has 1 aromatic rings. The summed E-state index contributed by atoms with van der Waals surface area (Å²) in [6.07, 6.45) is 8.28. The standard InChI is InChI=1S/C30H54O3S.H3N/c1-22(2)15-23(3)16-24(4)17-25(5)18-26(6)19-27(7)20-28(8)21-29(9)33-34(31,32)30-13-11-10-12-14-30;/h10-14,22-29H,15-21H2,1-9H3;1H3/p+1. The van der Waals surface area contributed by atoms with E-state index >= 15 is 0 Å². The zero-order chi connectivity index (χ0) is 25.9. The van der Waals surface area contributed by atoms with Crippen LogP contribution >= 0.6 is 0 Å². The topological polar surface area (TPSA) is 82.7 Å². The highest BCUT2D eigenvalue weighted by molar-refractivity contribution is 7.86. The van der Waals surface area contributed by atoms with Gasteiger partial charge in [-0.25, -0.2) is 4.18 Å². The maximum absolute atomic E-state index is 12.6. The zero-order valence-electron chi connectivity index (χ0n) is 24.3. The van der Waals surface area contributed by atoms with Crippen molar-refractivity contribution >= 4 is 10.1 Å². The summed E-state index contributed by atoms with van der Waals surface area (Å²) >= 11 is 0. The van der Waals surface area contributed by atoms with Crippen LogP contribution in [-0.4, -0.2) is 14.5 Å². The van der Waals surface area contributed by atoms with E-state index in [0.717, 1.165) is 42.4 Å². The van der Waals surface area contributed by atoms with E-state index in [1.807, 2.05) is 13.0 Å². The Morgan fingerprint density at radius 2 is 0.971 bits per heavy atom. The van der Waals surface area contributed by atoms with E-state index in [4.69, 9.17) is 4.18 Å². The normalized spacial score (nSPS) is 19.6. The smallest absolute Gasteiger partial charge is 0.344 e. The van der Waals surface area contributed by atoms with Gasteiger partial charge >= 0.3 is 10.1 Å². The summed E-state index contributed by atoms with van der Waals surface area (Å²) in [5.74, 6) is 5.08. The van der Waals surface area contributed by atoms with Gasteiger partial charge in [-0.05, 0) is 105 Å². The Bertz CT molecular complexity index is 765. The van der Waals surface area contributed by atoms with Crippen molar-refractivity contribution < 1.29 is 12.6 Å². The fourth-order valence-corrected chi connectivity index (χ4v) is 7.43. The monoisotopic (exact) mass is 512 g/mol. The first-order chi connectivity index (χ1) is 15.8.